The number of rotatable bonds is 5. The van der Waals surface area contributed by atoms with E-state index < -0.39 is 40.0 Å². The summed E-state index contributed by atoms with van der Waals surface area (Å²) in [4.78, 5) is 11.3. The fourth-order valence-electron chi connectivity index (χ4n) is 3.76. The Bertz CT molecular complexity index is 1140. The molecule has 3 heterocycles. The van der Waals surface area contributed by atoms with Crippen molar-refractivity contribution in [3.8, 4) is 11.1 Å². The molecule has 32 heavy (non-hydrogen) atoms. The summed E-state index contributed by atoms with van der Waals surface area (Å²) in [6.45, 7) is 1.49. The molecule has 0 bridgehead atoms. The Morgan fingerprint density at radius 1 is 1.28 bits per heavy atom. The maximum atomic E-state index is 14.4. The quantitative estimate of drug-likeness (QED) is 0.697. The number of likely N-dealkylation sites (tertiary alicyclic amines) is 1. The van der Waals surface area contributed by atoms with Crippen LogP contribution in [0, 0.1) is 11.6 Å². The molecule has 0 saturated carbocycles. The summed E-state index contributed by atoms with van der Waals surface area (Å²) in [5.74, 6) is -1.31. The molecule has 4 rings (SSSR count). The summed E-state index contributed by atoms with van der Waals surface area (Å²) in [7, 11) is -3.57. The number of aromatic nitrogens is 1. The predicted octanol–water partition coefficient (Wildman–Crippen LogP) is 3.42. The maximum Gasteiger partial charge on any atom is 0.211 e. The van der Waals surface area contributed by atoms with Gasteiger partial charge in [0.05, 0.1) is 41.0 Å². The second kappa shape index (κ2) is 8.87. The van der Waals surface area contributed by atoms with E-state index in [1.165, 1.54) is 25.3 Å². The van der Waals surface area contributed by atoms with Crippen molar-refractivity contribution in [3.63, 3.8) is 0 Å². The lowest BCUT2D eigenvalue weighted by Gasteiger charge is -2.18. The van der Waals surface area contributed by atoms with E-state index in [1.807, 2.05) is 0 Å². The molecule has 12 heteroatoms. The number of nitrogens with one attached hydrogen (secondary N) is 1. The van der Waals surface area contributed by atoms with Gasteiger partial charge in [0.15, 0.2) is 6.10 Å². The fourth-order valence-corrected chi connectivity index (χ4v) is 4.77. The number of benzene rings is 1. The number of oxime groups is 1. The van der Waals surface area contributed by atoms with E-state index in [0.717, 1.165) is 12.1 Å². The molecule has 2 aliphatic heterocycles. The van der Waals surface area contributed by atoms with Gasteiger partial charge in [-0.1, -0.05) is 22.8 Å². The van der Waals surface area contributed by atoms with Gasteiger partial charge in [-0.15, -0.1) is 0 Å². The standard InChI is InChI=1S/C20H20ClF3N4O3S/c1-2-32(29,30)27-16-10-28(9-15(16)24)18-7-17(31-26-18)20-12(6-11(21)8-25-20)19-13(22)4-3-5-14(19)23/h3-6,8,15-17,27H,2,7,9-10H2,1H3/t15-,16+,17?/m0/s1. The highest BCUT2D eigenvalue weighted by molar-refractivity contribution is 7.89. The van der Waals surface area contributed by atoms with Crippen molar-refractivity contribution in [1.29, 1.82) is 0 Å². The maximum absolute atomic E-state index is 14.4. The minimum absolute atomic E-state index is 0.0609. The van der Waals surface area contributed by atoms with E-state index in [4.69, 9.17) is 16.4 Å². The van der Waals surface area contributed by atoms with Crippen LogP contribution >= 0.6 is 11.6 Å². The Morgan fingerprint density at radius 2 is 2.00 bits per heavy atom. The van der Waals surface area contributed by atoms with E-state index in [0.29, 0.717) is 5.84 Å². The normalized spacial score (nSPS) is 23.3. The molecule has 1 aromatic carbocycles. The van der Waals surface area contributed by atoms with E-state index >= 15 is 0 Å². The molecule has 7 nitrogen and oxygen atoms in total. The smallest absolute Gasteiger partial charge is 0.211 e. The third-order valence-electron chi connectivity index (χ3n) is 5.40. The zero-order valence-corrected chi connectivity index (χ0v) is 18.5. The van der Waals surface area contributed by atoms with Crippen molar-refractivity contribution in [2.45, 2.75) is 31.7 Å². The number of amidine groups is 1. The van der Waals surface area contributed by atoms with Gasteiger partial charge in [-0.3, -0.25) is 4.98 Å². The van der Waals surface area contributed by atoms with Crippen LogP contribution in [0.15, 0.2) is 35.6 Å². The number of pyridine rings is 1. The zero-order chi connectivity index (χ0) is 23.0. The highest BCUT2D eigenvalue weighted by Gasteiger charge is 2.40. The molecule has 0 amide bonds. The molecule has 1 saturated heterocycles. The van der Waals surface area contributed by atoms with Crippen molar-refractivity contribution in [1.82, 2.24) is 14.6 Å². The van der Waals surface area contributed by atoms with Crippen LogP contribution in [0.5, 0.6) is 0 Å². The topological polar surface area (TPSA) is 83.9 Å². The Kier molecular flexibility index (Phi) is 6.33. The second-order valence-electron chi connectivity index (χ2n) is 7.54. The number of alkyl halides is 1. The average molecular weight is 489 g/mol. The summed E-state index contributed by atoms with van der Waals surface area (Å²) in [6, 6.07) is 4.00. The molecule has 0 radical (unpaired) electrons. The largest absolute Gasteiger partial charge is 0.384 e. The monoisotopic (exact) mass is 488 g/mol. The highest BCUT2D eigenvalue weighted by Crippen LogP contribution is 2.38. The molecule has 1 unspecified atom stereocenters. The van der Waals surface area contributed by atoms with Gasteiger partial charge in [0, 0.05) is 18.3 Å². The molecular formula is C20H20ClF3N4O3S. The van der Waals surface area contributed by atoms with E-state index in [9.17, 15) is 21.6 Å². The van der Waals surface area contributed by atoms with Gasteiger partial charge in [0.25, 0.3) is 0 Å². The Morgan fingerprint density at radius 3 is 2.69 bits per heavy atom. The second-order valence-corrected chi connectivity index (χ2v) is 10.0. The number of halogens is 4. The van der Waals surface area contributed by atoms with Gasteiger partial charge >= 0.3 is 0 Å². The van der Waals surface area contributed by atoms with Gasteiger partial charge in [-0.2, -0.15) is 0 Å². The van der Waals surface area contributed by atoms with Crippen LogP contribution in [-0.4, -0.2) is 55.2 Å². The fraction of sp³-hybridized carbons (Fsp3) is 0.400. The first kappa shape index (κ1) is 22.8. The van der Waals surface area contributed by atoms with Crippen LogP contribution in [0.4, 0.5) is 13.2 Å². The van der Waals surface area contributed by atoms with E-state index in [-0.39, 0.29) is 47.1 Å². The molecule has 172 valence electrons. The Labute approximate surface area is 188 Å². The third-order valence-corrected chi connectivity index (χ3v) is 7.03. The third kappa shape index (κ3) is 4.55. The molecule has 0 spiro atoms. The first-order valence-corrected chi connectivity index (χ1v) is 11.9. The molecular weight excluding hydrogens is 469 g/mol. The first-order chi connectivity index (χ1) is 15.2. The first-order valence-electron chi connectivity index (χ1n) is 9.90. The molecule has 2 aromatic rings. The van der Waals surface area contributed by atoms with Gasteiger partial charge in [0.2, 0.25) is 10.0 Å². The van der Waals surface area contributed by atoms with Gasteiger partial charge in [-0.25, -0.2) is 26.3 Å². The van der Waals surface area contributed by atoms with E-state index in [1.54, 1.807) is 4.90 Å². The lowest BCUT2D eigenvalue weighted by atomic mass is 9.98. The molecule has 3 atom stereocenters. The van der Waals surface area contributed by atoms with Crippen LogP contribution in [0.25, 0.3) is 11.1 Å². The number of nitrogens with zero attached hydrogens (tertiary/aromatic N) is 3. The van der Waals surface area contributed by atoms with Crippen LogP contribution in [0.3, 0.4) is 0 Å². The van der Waals surface area contributed by atoms with Crippen molar-refractivity contribution in [2.24, 2.45) is 5.16 Å². The minimum Gasteiger partial charge on any atom is -0.384 e. The Balaban J connectivity index is 1.55. The lowest BCUT2D eigenvalue weighted by Crippen LogP contribution is -2.42. The van der Waals surface area contributed by atoms with Crippen molar-refractivity contribution < 1.29 is 26.4 Å². The Hall–Kier alpha value is -2.37. The summed E-state index contributed by atoms with van der Waals surface area (Å²) in [5.41, 5.74) is 0.0814. The summed E-state index contributed by atoms with van der Waals surface area (Å²) in [6.07, 6.45) is -0.697. The SMILES string of the molecule is CCS(=O)(=O)N[C@@H]1CN(C2=NOC(c3ncc(Cl)cc3-c3c(F)cccc3F)C2)C[C@@H]1F. The zero-order valence-electron chi connectivity index (χ0n) is 16.9. The van der Waals surface area contributed by atoms with Crippen LogP contribution in [0.2, 0.25) is 5.02 Å². The number of sulfonamides is 1. The highest BCUT2D eigenvalue weighted by atomic mass is 35.5. The van der Waals surface area contributed by atoms with Gasteiger partial charge < -0.3 is 9.74 Å². The molecule has 1 N–H and O–H groups in total. The van der Waals surface area contributed by atoms with Crippen molar-refractivity contribution in [3.05, 3.63) is 52.8 Å². The number of hydrogen-bond donors (Lipinski definition) is 1. The van der Waals surface area contributed by atoms with Gasteiger partial charge in [-0.05, 0) is 25.1 Å². The lowest BCUT2D eigenvalue weighted by molar-refractivity contribution is 0.0828. The number of hydrogen-bond acceptors (Lipinski definition) is 6. The van der Waals surface area contributed by atoms with Gasteiger partial charge in [0.1, 0.15) is 23.6 Å². The average Bonchev–Trinajstić information content (AvgIpc) is 3.35. The molecule has 2 aliphatic rings. The van der Waals surface area contributed by atoms with E-state index in [2.05, 4.69) is 14.9 Å². The van der Waals surface area contributed by atoms with Crippen molar-refractivity contribution in [2.75, 3.05) is 18.8 Å². The summed E-state index contributed by atoms with van der Waals surface area (Å²) < 4.78 is 69.2. The molecule has 1 aromatic heterocycles. The molecule has 0 aliphatic carbocycles. The summed E-state index contributed by atoms with van der Waals surface area (Å²) in [5, 5.41) is 4.19. The minimum atomic E-state index is -3.57. The van der Waals surface area contributed by atoms with Crippen LogP contribution in [-0.2, 0) is 14.9 Å². The predicted molar refractivity (Wildman–Crippen MR) is 113 cm³/mol. The van der Waals surface area contributed by atoms with Crippen LogP contribution < -0.4 is 4.72 Å². The van der Waals surface area contributed by atoms with Crippen molar-refractivity contribution >= 4 is 27.5 Å². The van der Waals surface area contributed by atoms with Crippen LogP contribution in [0.1, 0.15) is 25.1 Å². The molecule has 1 fully saturated rings. The summed E-state index contributed by atoms with van der Waals surface area (Å²) >= 11 is 6.02.